The first-order chi connectivity index (χ1) is 23.2. The van der Waals surface area contributed by atoms with Gasteiger partial charge < -0.3 is 51.6 Å². The quantitative estimate of drug-likeness (QED) is 0.0904. The second-order valence-corrected chi connectivity index (χ2v) is 11.0. The summed E-state index contributed by atoms with van der Waals surface area (Å²) in [7, 11) is 0. The van der Waals surface area contributed by atoms with E-state index >= 15 is 0 Å². The maximum absolute atomic E-state index is 10.7. The molecule has 0 unspecified atom stereocenters. The number of aliphatic hydroxyl groups is 6. The van der Waals surface area contributed by atoms with Gasteiger partial charge in [-0.1, -0.05) is 11.8 Å². The molecule has 18 nitrogen and oxygen atoms in total. The maximum atomic E-state index is 10.7. The van der Waals surface area contributed by atoms with Crippen molar-refractivity contribution in [1.29, 1.82) is 0 Å². The van der Waals surface area contributed by atoms with E-state index in [1.807, 2.05) is 0 Å². The minimum atomic E-state index is -1.41. The Bertz CT molecular complexity index is 1980. The zero-order chi connectivity index (χ0) is 33.7. The van der Waals surface area contributed by atoms with Gasteiger partial charge in [0.15, 0.2) is 58.1 Å². The lowest BCUT2D eigenvalue weighted by atomic mass is 10.1. The van der Waals surface area contributed by atoms with Crippen LogP contribution in [0, 0.1) is 23.7 Å². The summed E-state index contributed by atoms with van der Waals surface area (Å²) in [5.74, 6) is 12.3. The molecule has 0 radical (unpaired) electrons. The van der Waals surface area contributed by atoms with Crippen molar-refractivity contribution in [2.75, 3.05) is 24.7 Å². The first-order valence-electron chi connectivity index (χ1n) is 14.6. The highest BCUT2D eigenvalue weighted by Gasteiger charge is 2.46. The molecule has 2 fully saturated rings. The third-order valence-corrected chi connectivity index (χ3v) is 8.08. The van der Waals surface area contributed by atoms with Gasteiger partial charge in [-0.3, -0.25) is 9.13 Å². The molecule has 8 atom stereocenters. The monoisotopic (exact) mass is 656 g/mol. The van der Waals surface area contributed by atoms with Crippen LogP contribution in [0.1, 0.15) is 35.2 Å². The van der Waals surface area contributed by atoms with Crippen LogP contribution < -0.4 is 11.5 Å². The van der Waals surface area contributed by atoms with Crippen molar-refractivity contribution in [3.05, 3.63) is 59.7 Å². The Morgan fingerprint density at radius 2 is 1.00 bits per heavy atom. The van der Waals surface area contributed by atoms with Gasteiger partial charge in [-0.05, 0) is 36.1 Å². The molecule has 2 saturated heterocycles. The number of hydrogen-bond donors (Lipinski definition) is 8. The predicted molar refractivity (Wildman–Crippen MR) is 164 cm³/mol. The minimum absolute atomic E-state index is 0.0816. The van der Waals surface area contributed by atoms with Gasteiger partial charge in [0.1, 0.15) is 49.3 Å². The normalized spacial score (nSPS) is 26.8. The number of nitrogens with two attached hydrogens (primary N) is 2. The maximum Gasteiger partial charge on any atom is 0.190 e. The van der Waals surface area contributed by atoms with Gasteiger partial charge in [0, 0.05) is 11.1 Å². The summed E-state index contributed by atoms with van der Waals surface area (Å²) in [5.41, 5.74) is 14.0. The van der Waals surface area contributed by atoms with E-state index in [9.17, 15) is 30.6 Å². The van der Waals surface area contributed by atoms with E-state index in [1.54, 1.807) is 24.3 Å². The number of imidazole rings is 2. The lowest BCUT2D eigenvalue weighted by molar-refractivity contribution is -0.0514. The summed E-state index contributed by atoms with van der Waals surface area (Å²) < 4.78 is 14.2. The van der Waals surface area contributed by atoms with Gasteiger partial charge in [0.05, 0.1) is 13.2 Å². The molecule has 5 aromatic rings. The van der Waals surface area contributed by atoms with E-state index in [1.165, 1.54) is 21.8 Å². The lowest BCUT2D eigenvalue weighted by Gasteiger charge is -2.17. The molecule has 4 aromatic heterocycles. The molecule has 7 rings (SSSR count). The predicted octanol–water partition coefficient (Wildman–Crippen LogP) is -2.85. The third kappa shape index (κ3) is 5.24. The molecule has 2 aliphatic rings. The summed E-state index contributed by atoms with van der Waals surface area (Å²) in [5, 5.41) is 61.2. The number of benzene rings is 1. The number of nitrogens with zero attached hydrogens (tertiary/aromatic N) is 8. The summed E-state index contributed by atoms with van der Waals surface area (Å²) in [6.07, 6.45) is -7.44. The summed E-state index contributed by atoms with van der Waals surface area (Å²) in [4.78, 5) is 25.2. The largest absolute Gasteiger partial charge is 0.394 e. The van der Waals surface area contributed by atoms with Crippen LogP contribution in [0.15, 0.2) is 36.9 Å². The topological polar surface area (TPSA) is 279 Å². The van der Waals surface area contributed by atoms with Gasteiger partial charge in [-0.25, -0.2) is 29.9 Å². The molecule has 0 aliphatic carbocycles. The molecule has 0 spiro atoms. The van der Waals surface area contributed by atoms with Crippen LogP contribution in [0.25, 0.3) is 22.3 Å². The molecule has 2 aliphatic heterocycles. The molecular formula is C30H28N10O8. The Balaban J connectivity index is 1.20. The van der Waals surface area contributed by atoms with Crippen LogP contribution >= 0.6 is 0 Å². The van der Waals surface area contributed by atoms with Crippen molar-refractivity contribution in [3.8, 4) is 23.7 Å². The SMILES string of the molecule is Nc1ncnc2c1nc(C#Cc1ccc(C#Cc3nc4c(N)ncnc4n3[C@@H]3O[C@H](CO)[C@@H](O)[C@H]3O)cc1)n2[C@@H]1O[C@H](CO)[C@@H](O)[C@H]1O. The molecule has 10 N–H and O–H groups in total. The smallest absolute Gasteiger partial charge is 0.190 e. The van der Waals surface area contributed by atoms with Crippen LogP contribution in [0.5, 0.6) is 0 Å². The number of nitrogen functional groups attached to an aromatic ring is 2. The standard InChI is InChI=1S/C30H28N10O8/c31-25-19-27(35-11-33-25)39(29-23(45)21(43)15(9-41)47-29)17(37-19)7-5-13-1-2-14(4-3-13)6-8-18-38-20-26(32)34-12-36-28(20)40(18)30-24(46)22(44)16(10-42)48-30/h1-4,11-12,15-16,21-24,29-30,41-46H,9-10H2,(H2,31,33,35)(H2,32,34,36)/t15-,16-,21-,22-,23-,24-,29-,30-/m1/s1. The van der Waals surface area contributed by atoms with Crippen molar-refractivity contribution < 1.29 is 40.1 Å². The van der Waals surface area contributed by atoms with Crippen LogP contribution in [0.4, 0.5) is 11.6 Å². The van der Waals surface area contributed by atoms with E-state index < -0.39 is 62.3 Å². The molecule has 246 valence electrons. The first-order valence-corrected chi connectivity index (χ1v) is 14.6. The highest BCUT2D eigenvalue weighted by atomic mass is 16.6. The summed E-state index contributed by atoms with van der Waals surface area (Å²) in [6.45, 7) is -1.03. The number of ether oxygens (including phenoxy) is 2. The Kier molecular flexibility index (Phi) is 8.09. The molecule has 0 saturated carbocycles. The van der Waals surface area contributed by atoms with Crippen molar-refractivity contribution in [2.24, 2.45) is 0 Å². The number of anilines is 2. The third-order valence-electron chi connectivity index (χ3n) is 8.08. The fourth-order valence-electron chi connectivity index (χ4n) is 5.59. The average Bonchev–Trinajstić information content (AvgIpc) is 3.81. The Labute approximate surface area is 270 Å². The minimum Gasteiger partial charge on any atom is -0.394 e. The Hall–Kier alpha value is -5.28. The van der Waals surface area contributed by atoms with Gasteiger partial charge in [-0.2, -0.15) is 0 Å². The van der Waals surface area contributed by atoms with Crippen molar-refractivity contribution in [2.45, 2.75) is 49.1 Å². The highest BCUT2D eigenvalue weighted by Crippen LogP contribution is 2.34. The van der Waals surface area contributed by atoms with Gasteiger partial charge >= 0.3 is 0 Å². The first kappa shape index (κ1) is 31.3. The molecule has 48 heavy (non-hydrogen) atoms. The summed E-state index contributed by atoms with van der Waals surface area (Å²) in [6, 6.07) is 6.85. The fourth-order valence-corrected chi connectivity index (χ4v) is 5.59. The molecule has 0 amide bonds. The number of aliphatic hydroxyl groups excluding tert-OH is 6. The van der Waals surface area contributed by atoms with E-state index in [0.717, 1.165) is 0 Å². The molecule has 6 heterocycles. The van der Waals surface area contributed by atoms with E-state index in [4.69, 9.17) is 20.9 Å². The second-order valence-electron chi connectivity index (χ2n) is 11.0. The fraction of sp³-hybridized carbons (Fsp3) is 0.333. The Morgan fingerprint density at radius 3 is 1.35 bits per heavy atom. The number of fused-ring (bicyclic) bond motifs is 2. The number of hydrogen-bond acceptors (Lipinski definition) is 16. The Morgan fingerprint density at radius 1 is 0.604 bits per heavy atom. The van der Waals surface area contributed by atoms with Crippen LogP contribution in [-0.2, 0) is 9.47 Å². The zero-order valence-corrected chi connectivity index (χ0v) is 24.7. The van der Waals surface area contributed by atoms with Crippen molar-refractivity contribution in [3.63, 3.8) is 0 Å². The average molecular weight is 657 g/mol. The van der Waals surface area contributed by atoms with Gasteiger partial charge in [-0.15, -0.1) is 0 Å². The van der Waals surface area contributed by atoms with Crippen LogP contribution in [0.3, 0.4) is 0 Å². The second kappa shape index (κ2) is 12.4. The van der Waals surface area contributed by atoms with Crippen molar-refractivity contribution in [1.82, 2.24) is 39.0 Å². The van der Waals surface area contributed by atoms with Gasteiger partial charge in [0.2, 0.25) is 0 Å². The van der Waals surface area contributed by atoms with E-state index in [0.29, 0.717) is 11.1 Å². The number of rotatable bonds is 4. The summed E-state index contributed by atoms with van der Waals surface area (Å²) >= 11 is 0. The van der Waals surface area contributed by atoms with E-state index in [-0.39, 0.29) is 45.6 Å². The van der Waals surface area contributed by atoms with Gasteiger partial charge in [0.25, 0.3) is 0 Å². The lowest BCUT2D eigenvalue weighted by Crippen LogP contribution is -2.33. The van der Waals surface area contributed by atoms with E-state index in [2.05, 4.69) is 53.6 Å². The molecular weight excluding hydrogens is 628 g/mol. The van der Waals surface area contributed by atoms with Crippen LogP contribution in [-0.4, -0.2) is 120 Å². The molecule has 1 aromatic carbocycles. The molecule has 18 heteroatoms. The van der Waals surface area contributed by atoms with Crippen LogP contribution in [0.2, 0.25) is 0 Å². The number of aromatic nitrogens is 8. The highest BCUT2D eigenvalue weighted by molar-refractivity contribution is 5.83. The molecule has 0 bridgehead atoms. The van der Waals surface area contributed by atoms with Crippen molar-refractivity contribution >= 4 is 34.0 Å². The zero-order valence-electron chi connectivity index (χ0n) is 24.7.